The molecule has 13 heteroatoms. The Morgan fingerprint density at radius 2 is 1.73 bits per heavy atom. The minimum atomic E-state index is -4.68. The summed E-state index contributed by atoms with van der Waals surface area (Å²) in [5.74, 6) is 0.837. The minimum Gasteiger partial charge on any atom is -0.490 e. The molecule has 3 aromatic rings. The van der Waals surface area contributed by atoms with Gasteiger partial charge in [0, 0.05) is 49.8 Å². The lowest BCUT2D eigenvalue weighted by molar-refractivity contribution is -0.389. The van der Waals surface area contributed by atoms with Gasteiger partial charge in [-0.15, -0.1) is 13.2 Å². The molecule has 0 N–H and O–H groups in total. The van der Waals surface area contributed by atoms with E-state index in [0.29, 0.717) is 32.0 Å². The number of halogens is 3. The third-order valence-electron chi connectivity index (χ3n) is 7.31. The van der Waals surface area contributed by atoms with Crippen LogP contribution in [0.5, 0.6) is 17.5 Å². The molecule has 1 fully saturated rings. The molecule has 0 bridgehead atoms. The van der Waals surface area contributed by atoms with E-state index in [1.807, 2.05) is 31.3 Å². The predicted octanol–water partition coefficient (Wildman–Crippen LogP) is 5.27. The fourth-order valence-corrected chi connectivity index (χ4v) is 5.27. The number of aromatic nitrogens is 2. The van der Waals surface area contributed by atoms with Gasteiger partial charge in [0.2, 0.25) is 0 Å². The maximum Gasteiger partial charge on any atom is 0.573 e. The second-order valence-electron chi connectivity index (χ2n) is 10.5. The first kappa shape index (κ1) is 28.5. The maximum atomic E-state index is 12.4. The topological polar surface area (TPSA) is 95.1 Å². The van der Waals surface area contributed by atoms with Gasteiger partial charge in [-0.25, -0.2) is 0 Å². The molecular weight excluding hydrogens is 543 g/mol. The molecule has 0 amide bonds. The Morgan fingerprint density at radius 3 is 2.39 bits per heavy atom. The monoisotopic (exact) mass is 575 g/mol. The van der Waals surface area contributed by atoms with Crippen LogP contribution in [-0.4, -0.2) is 65.1 Å². The number of nitro groups is 1. The van der Waals surface area contributed by atoms with Crippen molar-refractivity contribution in [1.82, 2.24) is 14.5 Å². The summed E-state index contributed by atoms with van der Waals surface area (Å²) >= 11 is 0. The molecule has 41 heavy (non-hydrogen) atoms. The van der Waals surface area contributed by atoms with Crippen molar-refractivity contribution in [3.05, 3.63) is 70.4 Å². The molecule has 1 atom stereocenters. The van der Waals surface area contributed by atoms with E-state index >= 15 is 0 Å². The second kappa shape index (κ2) is 12.2. The average Bonchev–Trinajstić information content (AvgIpc) is 3.37. The molecule has 3 heterocycles. The lowest BCUT2D eigenvalue weighted by atomic mass is 9.95. The molecule has 220 valence electrons. The van der Waals surface area contributed by atoms with E-state index in [-0.39, 0.29) is 23.7 Å². The standard InChI is InChI=1S/C28H32F3N5O5/c1-33(16-20-2-6-24(7-3-20)41-28(29,30)31)17-21-10-13-34(14-11-21)22-4-8-23(9-5-22)39-19-25-12-15-35-18-26(36(37)38)32-27(35)40-25/h2-9,18,21,25H,10-17,19H2,1H3/t25-/m1/s1. The summed E-state index contributed by atoms with van der Waals surface area (Å²) in [6, 6.07) is 14.2. The summed E-state index contributed by atoms with van der Waals surface area (Å²) in [6.07, 6.45) is -0.761. The number of hydrogen-bond acceptors (Lipinski definition) is 8. The van der Waals surface area contributed by atoms with Crippen LogP contribution in [0.15, 0.2) is 54.7 Å². The van der Waals surface area contributed by atoms with E-state index in [1.54, 1.807) is 16.7 Å². The number of anilines is 1. The van der Waals surface area contributed by atoms with Gasteiger partial charge in [0.1, 0.15) is 30.4 Å². The van der Waals surface area contributed by atoms with Crippen molar-refractivity contribution in [2.45, 2.75) is 44.8 Å². The summed E-state index contributed by atoms with van der Waals surface area (Å²) in [6.45, 7) is 4.36. The van der Waals surface area contributed by atoms with Gasteiger partial charge >= 0.3 is 18.2 Å². The van der Waals surface area contributed by atoms with Crippen LogP contribution in [0.25, 0.3) is 0 Å². The van der Waals surface area contributed by atoms with Crippen molar-refractivity contribution in [3.8, 4) is 17.5 Å². The number of imidazole rings is 1. The molecule has 0 radical (unpaired) electrons. The third kappa shape index (κ3) is 7.81. The van der Waals surface area contributed by atoms with E-state index in [9.17, 15) is 23.3 Å². The second-order valence-corrected chi connectivity index (χ2v) is 10.5. The molecule has 2 aromatic carbocycles. The average molecular weight is 576 g/mol. The van der Waals surface area contributed by atoms with Crippen LogP contribution in [0.2, 0.25) is 0 Å². The van der Waals surface area contributed by atoms with Crippen LogP contribution in [0.3, 0.4) is 0 Å². The lowest BCUT2D eigenvalue weighted by Gasteiger charge is -2.35. The predicted molar refractivity (Wildman–Crippen MR) is 144 cm³/mol. The van der Waals surface area contributed by atoms with Crippen molar-refractivity contribution in [3.63, 3.8) is 0 Å². The van der Waals surface area contributed by atoms with E-state index in [0.717, 1.165) is 49.5 Å². The smallest absolute Gasteiger partial charge is 0.490 e. The summed E-state index contributed by atoms with van der Waals surface area (Å²) < 4.78 is 54.3. The number of nitrogens with zero attached hydrogens (tertiary/aromatic N) is 5. The van der Waals surface area contributed by atoms with Gasteiger partial charge in [0.15, 0.2) is 0 Å². The zero-order valence-electron chi connectivity index (χ0n) is 22.6. The zero-order chi connectivity index (χ0) is 29.0. The Balaban J connectivity index is 1.03. The number of piperidine rings is 1. The quantitative estimate of drug-likeness (QED) is 0.239. The molecule has 5 rings (SSSR count). The third-order valence-corrected chi connectivity index (χ3v) is 7.31. The van der Waals surface area contributed by atoms with E-state index < -0.39 is 11.3 Å². The molecule has 10 nitrogen and oxygen atoms in total. The van der Waals surface area contributed by atoms with E-state index in [2.05, 4.69) is 19.5 Å². The van der Waals surface area contributed by atoms with Crippen LogP contribution in [0.4, 0.5) is 24.7 Å². The molecule has 0 spiro atoms. The van der Waals surface area contributed by atoms with Crippen LogP contribution in [0, 0.1) is 16.0 Å². The van der Waals surface area contributed by atoms with Gasteiger partial charge in [-0.3, -0.25) is 4.57 Å². The summed E-state index contributed by atoms with van der Waals surface area (Å²) in [5.41, 5.74) is 2.07. The Morgan fingerprint density at radius 1 is 1.05 bits per heavy atom. The van der Waals surface area contributed by atoms with Crippen LogP contribution >= 0.6 is 0 Å². The lowest BCUT2D eigenvalue weighted by Crippen LogP contribution is -2.37. The Hall–Kier alpha value is -4.00. The molecular formula is C28H32F3N5O5. The summed E-state index contributed by atoms with van der Waals surface area (Å²) in [4.78, 5) is 18.9. The number of aryl methyl sites for hydroxylation is 1. The number of benzene rings is 2. The van der Waals surface area contributed by atoms with E-state index in [1.165, 1.54) is 18.3 Å². The first-order chi connectivity index (χ1) is 19.6. The van der Waals surface area contributed by atoms with Gasteiger partial charge in [0.05, 0.1) is 0 Å². The van der Waals surface area contributed by atoms with Crippen molar-refractivity contribution in [2.24, 2.45) is 5.92 Å². The van der Waals surface area contributed by atoms with Crippen LogP contribution in [-0.2, 0) is 13.1 Å². The highest BCUT2D eigenvalue weighted by Crippen LogP contribution is 2.28. The van der Waals surface area contributed by atoms with Gasteiger partial charge in [0.25, 0.3) is 0 Å². The summed E-state index contributed by atoms with van der Waals surface area (Å²) in [5, 5.41) is 10.9. The number of rotatable bonds is 10. The van der Waals surface area contributed by atoms with Gasteiger partial charge in [-0.1, -0.05) is 12.1 Å². The van der Waals surface area contributed by atoms with Gasteiger partial charge in [-0.05, 0) is 72.7 Å². The molecule has 0 aliphatic carbocycles. The number of ether oxygens (including phenoxy) is 3. The highest BCUT2D eigenvalue weighted by atomic mass is 19.4. The van der Waals surface area contributed by atoms with Crippen molar-refractivity contribution in [1.29, 1.82) is 0 Å². The SMILES string of the molecule is CN(Cc1ccc(OC(F)(F)F)cc1)CC1CCN(c2ccc(OC[C@H]3CCn4cc([N+](=O)[O-])nc4O3)cc2)CC1. The van der Waals surface area contributed by atoms with Crippen LogP contribution < -0.4 is 19.1 Å². The number of alkyl halides is 3. The number of fused-ring (bicyclic) bond motifs is 1. The highest BCUT2D eigenvalue weighted by molar-refractivity contribution is 5.49. The normalized spacial score (nSPS) is 17.7. The highest BCUT2D eigenvalue weighted by Gasteiger charge is 2.31. The fraction of sp³-hybridized carbons (Fsp3) is 0.464. The first-order valence-corrected chi connectivity index (χ1v) is 13.5. The molecule has 0 saturated carbocycles. The molecule has 2 aliphatic heterocycles. The van der Waals surface area contributed by atoms with Crippen LogP contribution in [0.1, 0.15) is 24.8 Å². The Labute approximate surface area is 235 Å². The van der Waals surface area contributed by atoms with Crippen molar-refractivity contribution >= 4 is 11.5 Å². The molecule has 0 unspecified atom stereocenters. The first-order valence-electron chi connectivity index (χ1n) is 13.5. The number of hydrogen-bond donors (Lipinski definition) is 0. The summed E-state index contributed by atoms with van der Waals surface area (Å²) in [7, 11) is 2.03. The Bertz CT molecular complexity index is 1310. The molecule has 1 saturated heterocycles. The maximum absolute atomic E-state index is 12.4. The molecule has 1 aromatic heterocycles. The van der Waals surface area contributed by atoms with Gasteiger partial charge in [-0.2, -0.15) is 0 Å². The van der Waals surface area contributed by atoms with Crippen molar-refractivity contribution < 1.29 is 32.3 Å². The van der Waals surface area contributed by atoms with E-state index in [4.69, 9.17) is 9.47 Å². The van der Waals surface area contributed by atoms with Crippen molar-refractivity contribution in [2.75, 3.05) is 38.2 Å². The Kier molecular flexibility index (Phi) is 8.52. The zero-order valence-corrected chi connectivity index (χ0v) is 22.6. The largest absolute Gasteiger partial charge is 0.573 e. The minimum absolute atomic E-state index is 0.210. The molecule has 2 aliphatic rings. The van der Waals surface area contributed by atoms with Gasteiger partial charge < -0.3 is 34.1 Å². The fourth-order valence-electron chi connectivity index (χ4n) is 5.27.